The molecule has 0 saturated heterocycles. The molecule has 2 aromatic rings. The van der Waals surface area contributed by atoms with Crippen molar-refractivity contribution in [3.63, 3.8) is 0 Å². The largest absolute Gasteiger partial charge is 0.452 e. The summed E-state index contributed by atoms with van der Waals surface area (Å²) in [6.07, 6.45) is 0.550. The summed E-state index contributed by atoms with van der Waals surface area (Å²) in [7, 11) is 0. The summed E-state index contributed by atoms with van der Waals surface area (Å²) in [5.74, 6) is -0.613. The van der Waals surface area contributed by atoms with E-state index in [1.165, 1.54) is 5.56 Å². The van der Waals surface area contributed by atoms with Crippen LogP contribution in [0.3, 0.4) is 0 Å². The predicted octanol–water partition coefficient (Wildman–Crippen LogP) is 3.64. The fraction of sp³-hybridized carbons (Fsp3) is 0.421. The minimum absolute atomic E-state index is 0.0472. The summed E-state index contributed by atoms with van der Waals surface area (Å²) in [5, 5.41) is 6.51. The molecule has 0 aliphatic carbocycles. The van der Waals surface area contributed by atoms with E-state index in [0.29, 0.717) is 29.1 Å². The van der Waals surface area contributed by atoms with Gasteiger partial charge in [0.15, 0.2) is 6.61 Å². The molecule has 0 saturated carbocycles. The number of aryl methyl sites for hydroxylation is 2. The first-order valence-electron chi connectivity index (χ1n) is 8.25. The zero-order valence-corrected chi connectivity index (χ0v) is 15.3. The second-order valence-corrected chi connectivity index (χ2v) is 6.87. The Morgan fingerprint density at radius 3 is 2.40 bits per heavy atom. The van der Waals surface area contributed by atoms with Crippen LogP contribution in [0.2, 0.25) is 0 Å². The summed E-state index contributed by atoms with van der Waals surface area (Å²) < 4.78 is 10.1. The predicted molar refractivity (Wildman–Crippen MR) is 94.7 cm³/mol. The summed E-state index contributed by atoms with van der Waals surface area (Å²) in [5.41, 5.74) is 2.70. The quantitative estimate of drug-likeness (QED) is 0.838. The Morgan fingerprint density at radius 2 is 1.84 bits per heavy atom. The van der Waals surface area contributed by atoms with E-state index < -0.39 is 11.9 Å². The highest BCUT2D eigenvalue weighted by molar-refractivity contribution is 5.96. The maximum Gasteiger partial charge on any atom is 0.344 e. The van der Waals surface area contributed by atoms with Crippen LogP contribution in [0.15, 0.2) is 28.8 Å². The molecule has 1 aromatic heterocycles. The normalized spacial score (nSPS) is 11.2. The number of nitrogens with zero attached hydrogens (tertiary/aromatic N) is 1. The molecule has 25 heavy (non-hydrogen) atoms. The molecule has 1 heterocycles. The average molecular weight is 344 g/mol. The van der Waals surface area contributed by atoms with E-state index in [0.717, 1.165) is 0 Å². The van der Waals surface area contributed by atoms with Crippen LogP contribution < -0.4 is 5.32 Å². The van der Waals surface area contributed by atoms with Crippen molar-refractivity contribution in [1.29, 1.82) is 0 Å². The minimum Gasteiger partial charge on any atom is -0.452 e. The molecule has 0 aliphatic heterocycles. The molecule has 0 aliphatic rings. The first kappa shape index (κ1) is 18.7. The third-order valence-corrected chi connectivity index (χ3v) is 3.84. The number of benzene rings is 1. The first-order chi connectivity index (χ1) is 11.7. The van der Waals surface area contributed by atoms with Crippen LogP contribution in [0.25, 0.3) is 0 Å². The van der Waals surface area contributed by atoms with Crippen LogP contribution in [-0.2, 0) is 21.4 Å². The van der Waals surface area contributed by atoms with Crippen LogP contribution in [-0.4, -0.2) is 23.6 Å². The number of aromatic nitrogens is 1. The molecule has 0 atom stereocenters. The van der Waals surface area contributed by atoms with Gasteiger partial charge in [-0.15, -0.1) is 0 Å². The van der Waals surface area contributed by atoms with Gasteiger partial charge in [0.25, 0.3) is 5.91 Å². The standard InChI is InChI=1S/C19H24N2O4/c1-6-15-17(12(2)25-21-15)18(23)24-11-16(22)20-14-9-7-13(8-10-14)19(3,4)5/h7-10H,6,11H2,1-5H3,(H,20,22). The Balaban J connectivity index is 1.92. The van der Waals surface area contributed by atoms with Crippen LogP contribution in [0.5, 0.6) is 0 Å². The zero-order chi connectivity index (χ0) is 18.6. The first-order valence-corrected chi connectivity index (χ1v) is 8.25. The highest BCUT2D eigenvalue weighted by Crippen LogP contribution is 2.23. The van der Waals surface area contributed by atoms with Crippen molar-refractivity contribution in [2.45, 2.75) is 46.5 Å². The summed E-state index contributed by atoms with van der Waals surface area (Å²) >= 11 is 0. The summed E-state index contributed by atoms with van der Waals surface area (Å²) in [4.78, 5) is 24.1. The molecular weight excluding hydrogens is 320 g/mol. The molecule has 2 rings (SSSR count). The van der Waals surface area contributed by atoms with Gasteiger partial charge in [0.05, 0.1) is 5.69 Å². The van der Waals surface area contributed by atoms with Crippen molar-refractivity contribution in [1.82, 2.24) is 5.16 Å². The number of esters is 1. The Kier molecular flexibility index (Phi) is 5.62. The van der Waals surface area contributed by atoms with Crippen LogP contribution in [0.4, 0.5) is 5.69 Å². The Morgan fingerprint density at radius 1 is 1.20 bits per heavy atom. The molecule has 1 amide bonds. The van der Waals surface area contributed by atoms with Gasteiger partial charge in [-0.3, -0.25) is 4.79 Å². The molecule has 0 spiro atoms. The lowest BCUT2D eigenvalue weighted by Gasteiger charge is -2.19. The van der Waals surface area contributed by atoms with Gasteiger partial charge in [-0.2, -0.15) is 0 Å². The van der Waals surface area contributed by atoms with Gasteiger partial charge in [-0.25, -0.2) is 4.79 Å². The molecule has 0 radical (unpaired) electrons. The lowest BCUT2D eigenvalue weighted by Crippen LogP contribution is -2.21. The van der Waals surface area contributed by atoms with E-state index in [-0.39, 0.29) is 12.0 Å². The number of amides is 1. The Hall–Kier alpha value is -2.63. The lowest BCUT2D eigenvalue weighted by atomic mass is 9.87. The Labute approximate surface area is 147 Å². The number of nitrogens with one attached hydrogen (secondary N) is 1. The molecule has 0 bridgehead atoms. The van der Waals surface area contributed by atoms with Gasteiger partial charge < -0.3 is 14.6 Å². The second-order valence-electron chi connectivity index (χ2n) is 6.87. The van der Waals surface area contributed by atoms with Gasteiger partial charge in [0.1, 0.15) is 11.3 Å². The molecule has 0 unspecified atom stereocenters. The second kappa shape index (κ2) is 7.51. The van der Waals surface area contributed by atoms with E-state index in [1.807, 2.05) is 31.2 Å². The number of hydrogen-bond donors (Lipinski definition) is 1. The van der Waals surface area contributed by atoms with Crippen LogP contribution >= 0.6 is 0 Å². The number of ether oxygens (including phenoxy) is 1. The number of carbonyl (C=O) groups excluding carboxylic acids is 2. The SMILES string of the molecule is CCc1noc(C)c1C(=O)OCC(=O)Nc1ccc(C(C)(C)C)cc1. The smallest absolute Gasteiger partial charge is 0.344 e. The van der Waals surface area contributed by atoms with E-state index in [1.54, 1.807) is 6.92 Å². The number of hydrogen-bond acceptors (Lipinski definition) is 5. The molecule has 1 N–H and O–H groups in total. The van der Waals surface area contributed by atoms with Gasteiger partial charge in [0.2, 0.25) is 0 Å². The van der Waals surface area contributed by atoms with Crippen molar-refractivity contribution >= 4 is 17.6 Å². The van der Waals surface area contributed by atoms with E-state index in [9.17, 15) is 9.59 Å². The Bertz CT molecular complexity index is 755. The van der Waals surface area contributed by atoms with Crippen molar-refractivity contribution in [3.8, 4) is 0 Å². The van der Waals surface area contributed by atoms with Gasteiger partial charge in [-0.05, 0) is 36.5 Å². The number of rotatable bonds is 5. The van der Waals surface area contributed by atoms with Gasteiger partial charge >= 0.3 is 5.97 Å². The molecule has 134 valence electrons. The third kappa shape index (κ3) is 4.68. The van der Waals surface area contributed by atoms with Crippen LogP contribution in [0, 0.1) is 6.92 Å². The molecule has 0 fully saturated rings. The fourth-order valence-electron chi connectivity index (χ4n) is 2.37. The van der Waals surface area contributed by atoms with Crippen LogP contribution in [0.1, 0.15) is 55.1 Å². The van der Waals surface area contributed by atoms with E-state index in [4.69, 9.17) is 9.26 Å². The zero-order valence-electron chi connectivity index (χ0n) is 15.3. The maximum atomic E-state index is 12.1. The molecular formula is C19H24N2O4. The van der Waals surface area contributed by atoms with E-state index in [2.05, 4.69) is 31.2 Å². The van der Waals surface area contributed by atoms with E-state index >= 15 is 0 Å². The van der Waals surface area contributed by atoms with Gasteiger partial charge in [-0.1, -0.05) is 45.0 Å². The molecule has 1 aromatic carbocycles. The molecule has 6 nitrogen and oxygen atoms in total. The minimum atomic E-state index is -0.603. The summed E-state index contributed by atoms with van der Waals surface area (Å²) in [6.45, 7) is 9.50. The third-order valence-electron chi connectivity index (χ3n) is 3.84. The monoisotopic (exact) mass is 344 g/mol. The average Bonchev–Trinajstić information content (AvgIpc) is 2.93. The topological polar surface area (TPSA) is 81.4 Å². The molecule has 6 heteroatoms. The van der Waals surface area contributed by atoms with Crippen molar-refractivity contribution in [3.05, 3.63) is 46.8 Å². The maximum absolute atomic E-state index is 12.1. The van der Waals surface area contributed by atoms with Crippen molar-refractivity contribution in [2.24, 2.45) is 0 Å². The lowest BCUT2D eigenvalue weighted by molar-refractivity contribution is -0.119. The number of anilines is 1. The van der Waals surface area contributed by atoms with Crippen molar-refractivity contribution in [2.75, 3.05) is 11.9 Å². The number of carbonyl (C=O) groups is 2. The highest BCUT2D eigenvalue weighted by atomic mass is 16.5. The highest BCUT2D eigenvalue weighted by Gasteiger charge is 2.21. The fourth-order valence-corrected chi connectivity index (χ4v) is 2.37. The summed E-state index contributed by atoms with van der Waals surface area (Å²) in [6, 6.07) is 7.60. The van der Waals surface area contributed by atoms with Gasteiger partial charge in [0, 0.05) is 5.69 Å². The van der Waals surface area contributed by atoms with Crippen molar-refractivity contribution < 1.29 is 18.8 Å².